The Morgan fingerprint density at radius 1 is 0.840 bits per heavy atom. The molecule has 0 atom stereocenters. The van der Waals surface area contributed by atoms with Crippen LogP contribution >= 0.6 is 11.3 Å². The maximum Gasteiger partial charge on any atom is 0.170 e. The molecule has 0 aliphatic heterocycles. The predicted octanol–water partition coefficient (Wildman–Crippen LogP) is 5.49. The molecule has 0 N–H and O–H groups in total. The molecule has 2 aromatic heterocycles. The molecular formula is C21H19N3S. The largest absolute Gasteiger partial charge is 0.325 e. The molecule has 25 heavy (non-hydrogen) atoms. The van der Waals surface area contributed by atoms with Crippen molar-refractivity contribution in [2.45, 2.75) is 13.8 Å². The second-order valence-electron chi connectivity index (χ2n) is 6.26. The molecule has 0 saturated carbocycles. The highest BCUT2D eigenvalue weighted by atomic mass is 32.1. The minimum atomic E-state index is 0.904. The molecule has 0 aliphatic carbocycles. The van der Waals surface area contributed by atoms with Gasteiger partial charge in [-0.2, -0.15) is 0 Å². The van der Waals surface area contributed by atoms with E-state index in [0.29, 0.717) is 0 Å². The van der Waals surface area contributed by atoms with Gasteiger partial charge in [-0.1, -0.05) is 59.7 Å². The number of benzene rings is 2. The van der Waals surface area contributed by atoms with Crippen LogP contribution in [0.25, 0.3) is 33.3 Å². The third kappa shape index (κ3) is 2.89. The van der Waals surface area contributed by atoms with Crippen LogP contribution < -0.4 is 0 Å². The molecule has 0 saturated heterocycles. The molecule has 0 bridgehead atoms. The van der Waals surface area contributed by atoms with E-state index in [9.17, 15) is 0 Å². The van der Waals surface area contributed by atoms with E-state index in [4.69, 9.17) is 4.98 Å². The van der Waals surface area contributed by atoms with E-state index >= 15 is 0 Å². The fourth-order valence-electron chi connectivity index (χ4n) is 2.98. The maximum absolute atomic E-state index is 4.96. The number of rotatable bonds is 3. The average Bonchev–Trinajstić information content (AvgIpc) is 3.24. The lowest BCUT2D eigenvalue weighted by Crippen LogP contribution is -1.95. The van der Waals surface area contributed by atoms with Crippen LogP contribution in [-0.4, -0.2) is 14.5 Å². The van der Waals surface area contributed by atoms with Gasteiger partial charge in [0.1, 0.15) is 0 Å². The summed E-state index contributed by atoms with van der Waals surface area (Å²) in [6.07, 6.45) is 1.83. The third-order valence-electron chi connectivity index (χ3n) is 4.37. The zero-order valence-corrected chi connectivity index (χ0v) is 15.3. The van der Waals surface area contributed by atoms with Crippen molar-refractivity contribution in [3.8, 4) is 33.3 Å². The smallest absolute Gasteiger partial charge is 0.170 e. The normalized spacial score (nSPS) is 11.0. The Labute approximate surface area is 151 Å². The maximum atomic E-state index is 4.96. The van der Waals surface area contributed by atoms with E-state index in [-0.39, 0.29) is 0 Å². The fourth-order valence-corrected chi connectivity index (χ4v) is 3.64. The van der Waals surface area contributed by atoms with E-state index < -0.39 is 0 Å². The third-order valence-corrected chi connectivity index (χ3v) is 5.14. The number of hydrogen-bond acceptors (Lipinski definition) is 3. The Bertz CT molecular complexity index is 995. The Balaban J connectivity index is 1.96. The van der Waals surface area contributed by atoms with Crippen LogP contribution in [-0.2, 0) is 7.05 Å². The van der Waals surface area contributed by atoms with Crippen LogP contribution in [0.15, 0.2) is 60.1 Å². The lowest BCUT2D eigenvalue weighted by atomic mass is 10.0. The number of aromatic nitrogens is 3. The Hall–Kier alpha value is -2.72. The van der Waals surface area contributed by atoms with Gasteiger partial charge in [0.25, 0.3) is 0 Å². The zero-order chi connectivity index (χ0) is 17.4. The van der Waals surface area contributed by atoms with Crippen molar-refractivity contribution in [3.05, 3.63) is 71.2 Å². The van der Waals surface area contributed by atoms with Gasteiger partial charge in [-0.25, -0.2) is 9.97 Å². The van der Waals surface area contributed by atoms with Gasteiger partial charge in [0, 0.05) is 29.8 Å². The quantitative estimate of drug-likeness (QED) is 0.491. The van der Waals surface area contributed by atoms with Crippen LogP contribution in [0.3, 0.4) is 0 Å². The van der Waals surface area contributed by atoms with Gasteiger partial charge >= 0.3 is 0 Å². The number of imidazole rings is 1. The van der Waals surface area contributed by atoms with Gasteiger partial charge in [0.05, 0.1) is 11.4 Å². The highest BCUT2D eigenvalue weighted by molar-refractivity contribution is 7.13. The molecule has 0 aliphatic rings. The number of aryl methyl sites for hydroxylation is 2. The fraction of sp³-hybridized carbons (Fsp3) is 0.143. The SMILES string of the molecule is Cc1ccc(-c2nc(-c3nccs3)n(C)c2-c2ccc(C)cc2)cc1. The lowest BCUT2D eigenvalue weighted by molar-refractivity contribution is 0.930. The van der Waals surface area contributed by atoms with Crippen LogP contribution in [0.4, 0.5) is 0 Å². The van der Waals surface area contributed by atoms with Gasteiger partial charge in [0.15, 0.2) is 10.8 Å². The minimum absolute atomic E-state index is 0.904. The van der Waals surface area contributed by atoms with E-state index in [2.05, 4.69) is 79.0 Å². The molecule has 2 aromatic carbocycles. The summed E-state index contributed by atoms with van der Waals surface area (Å²) in [7, 11) is 2.07. The molecule has 4 rings (SSSR count). The van der Waals surface area contributed by atoms with Gasteiger partial charge in [-0.15, -0.1) is 11.3 Å². The van der Waals surface area contributed by atoms with E-state index in [0.717, 1.165) is 27.8 Å². The first-order valence-corrected chi connectivity index (χ1v) is 9.12. The highest BCUT2D eigenvalue weighted by Crippen LogP contribution is 2.36. The summed E-state index contributed by atoms with van der Waals surface area (Å²) in [4.78, 5) is 9.41. The van der Waals surface area contributed by atoms with Gasteiger partial charge < -0.3 is 4.57 Å². The van der Waals surface area contributed by atoms with Crippen molar-refractivity contribution < 1.29 is 0 Å². The van der Waals surface area contributed by atoms with Crippen molar-refractivity contribution in [3.63, 3.8) is 0 Å². The molecule has 0 radical (unpaired) electrons. The Kier molecular flexibility index (Phi) is 3.98. The Morgan fingerprint density at radius 3 is 2.00 bits per heavy atom. The topological polar surface area (TPSA) is 30.7 Å². The molecule has 0 unspecified atom stereocenters. The molecule has 0 amide bonds. The first kappa shape index (κ1) is 15.8. The Morgan fingerprint density at radius 2 is 1.44 bits per heavy atom. The molecule has 124 valence electrons. The molecule has 4 heteroatoms. The lowest BCUT2D eigenvalue weighted by Gasteiger charge is -2.08. The zero-order valence-electron chi connectivity index (χ0n) is 14.5. The van der Waals surface area contributed by atoms with Crippen molar-refractivity contribution in [1.29, 1.82) is 0 Å². The summed E-state index contributed by atoms with van der Waals surface area (Å²) in [6.45, 7) is 4.21. The van der Waals surface area contributed by atoms with Gasteiger partial charge in [-0.3, -0.25) is 0 Å². The summed E-state index contributed by atoms with van der Waals surface area (Å²) < 4.78 is 2.15. The second-order valence-corrected chi connectivity index (χ2v) is 7.16. The average molecular weight is 345 g/mol. The van der Waals surface area contributed by atoms with Gasteiger partial charge in [0.2, 0.25) is 0 Å². The number of nitrogens with zero attached hydrogens (tertiary/aromatic N) is 3. The van der Waals surface area contributed by atoms with Crippen molar-refractivity contribution in [2.75, 3.05) is 0 Å². The van der Waals surface area contributed by atoms with E-state index in [1.807, 2.05) is 11.6 Å². The van der Waals surface area contributed by atoms with Crippen molar-refractivity contribution in [1.82, 2.24) is 14.5 Å². The summed E-state index contributed by atoms with van der Waals surface area (Å²) in [6, 6.07) is 17.2. The second kappa shape index (κ2) is 6.30. The summed E-state index contributed by atoms with van der Waals surface area (Å²) in [5, 5.41) is 2.93. The molecule has 2 heterocycles. The molecule has 3 nitrogen and oxygen atoms in total. The molecule has 0 spiro atoms. The van der Waals surface area contributed by atoms with Crippen LogP contribution in [0.5, 0.6) is 0 Å². The van der Waals surface area contributed by atoms with Crippen molar-refractivity contribution in [2.24, 2.45) is 7.05 Å². The number of thiazole rings is 1. The molecular weight excluding hydrogens is 326 g/mol. The summed E-state index contributed by atoms with van der Waals surface area (Å²) in [5.41, 5.74) is 6.91. The van der Waals surface area contributed by atoms with Crippen LogP contribution in [0, 0.1) is 13.8 Å². The van der Waals surface area contributed by atoms with Crippen LogP contribution in [0.1, 0.15) is 11.1 Å². The van der Waals surface area contributed by atoms with Gasteiger partial charge in [-0.05, 0) is 13.8 Å². The van der Waals surface area contributed by atoms with Crippen LogP contribution in [0.2, 0.25) is 0 Å². The van der Waals surface area contributed by atoms with E-state index in [1.165, 1.54) is 16.7 Å². The molecule has 0 fully saturated rings. The van der Waals surface area contributed by atoms with E-state index in [1.54, 1.807) is 11.3 Å². The molecule has 4 aromatic rings. The monoisotopic (exact) mass is 345 g/mol. The minimum Gasteiger partial charge on any atom is -0.325 e. The highest BCUT2D eigenvalue weighted by Gasteiger charge is 2.20. The first-order valence-electron chi connectivity index (χ1n) is 8.24. The first-order chi connectivity index (χ1) is 12.1. The standard InChI is InChI=1S/C21H19N3S/c1-14-4-8-16(9-5-14)18-19(17-10-6-15(2)7-11-17)24(3)20(23-18)21-22-12-13-25-21/h4-13H,1-3H3. The van der Waals surface area contributed by atoms with Crippen molar-refractivity contribution >= 4 is 11.3 Å². The summed E-state index contributed by atoms with van der Waals surface area (Å²) in [5.74, 6) is 0.904. The number of hydrogen-bond donors (Lipinski definition) is 0. The summed E-state index contributed by atoms with van der Waals surface area (Å²) >= 11 is 1.61. The predicted molar refractivity (Wildman–Crippen MR) is 105 cm³/mol.